The van der Waals surface area contributed by atoms with Crippen molar-refractivity contribution in [2.45, 2.75) is 70.1 Å². The second kappa shape index (κ2) is 15.5. The number of imide groups is 2. The van der Waals surface area contributed by atoms with Gasteiger partial charge in [-0.05, 0) is 56.4 Å². The molecule has 2 aliphatic carbocycles. The Bertz CT molecular complexity index is 1850. The number of carbonyl (C=O) groups excluding carboxylic acids is 6. The molecule has 2 saturated heterocycles. The van der Waals surface area contributed by atoms with Crippen molar-refractivity contribution in [3.63, 3.8) is 0 Å². The number of aromatic nitrogens is 4. The van der Waals surface area contributed by atoms with Gasteiger partial charge in [0, 0.05) is 38.9 Å². The number of amides is 5. The number of carbonyl (C=O) groups is 6. The average molecular weight is 725 g/mol. The molecular weight excluding hydrogens is 684 g/mol. The van der Waals surface area contributed by atoms with Gasteiger partial charge in [0.05, 0.1) is 23.5 Å². The molecule has 3 fully saturated rings. The summed E-state index contributed by atoms with van der Waals surface area (Å²) in [6, 6.07) is 0.0993. The number of nitrogens with one attached hydrogen (secondary N) is 2. The molecule has 0 bridgehead atoms. The van der Waals surface area contributed by atoms with Crippen LogP contribution < -0.4 is 21.5 Å². The fourth-order valence-electron chi connectivity index (χ4n) is 6.67. The topological polar surface area (TPSA) is 229 Å². The average Bonchev–Trinajstić information content (AvgIpc) is 3.71. The van der Waals surface area contributed by atoms with Crippen molar-refractivity contribution < 1.29 is 38.3 Å². The zero-order valence-corrected chi connectivity index (χ0v) is 28.9. The van der Waals surface area contributed by atoms with Gasteiger partial charge in [0.15, 0.2) is 11.5 Å². The minimum absolute atomic E-state index is 0.00234. The maximum atomic E-state index is 13.1. The van der Waals surface area contributed by atoms with Crippen molar-refractivity contribution in [1.29, 1.82) is 0 Å². The number of hydrogen-bond acceptors (Lipinski definition) is 13. The number of rotatable bonds is 13. The predicted octanol–water partition coefficient (Wildman–Crippen LogP) is 0.994. The molecule has 0 radical (unpaired) electrons. The molecule has 4 aliphatic rings. The highest BCUT2D eigenvalue weighted by Gasteiger charge is 2.41. The third kappa shape index (κ3) is 8.16. The van der Waals surface area contributed by atoms with Gasteiger partial charge >= 0.3 is 17.7 Å². The molecule has 51 heavy (non-hydrogen) atoms. The normalized spacial score (nSPS) is 23.7. The van der Waals surface area contributed by atoms with E-state index in [1.165, 1.54) is 9.47 Å². The number of thioether (sulfide) groups is 1. The van der Waals surface area contributed by atoms with Crippen molar-refractivity contribution in [3.05, 3.63) is 34.3 Å². The molecule has 272 valence electrons. The Labute approximate surface area is 296 Å². The van der Waals surface area contributed by atoms with Crippen molar-refractivity contribution >= 4 is 64.2 Å². The molecule has 0 aromatic carbocycles. The number of allylic oxidation sites excluding steroid dienone is 2. The number of fused-ring (bicyclic) bond motifs is 1. The van der Waals surface area contributed by atoms with E-state index < -0.39 is 29.0 Å². The number of imidazole rings is 1. The lowest BCUT2D eigenvalue weighted by molar-refractivity contribution is -0.201. The lowest BCUT2D eigenvalue weighted by Gasteiger charge is -2.30. The minimum atomic E-state index is -0.641. The van der Waals surface area contributed by atoms with Gasteiger partial charge < -0.3 is 25.6 Å². The summed E-state index contributed by atoms with van der Waals surface area (Å²) in [5, 5.41) is 2.78. The first-order chi connectivity index (χ1) is 24.5. The van der Waals surface area contributed by atoms with Crippen LogP contribution in [0, 0.1) is 17.8 Å². The van der Waals surface area contributed by atoms with Gasteiger partial charge in [-0.25, -0.2) is 9.59 Å². The van der Waals surface area contributed by atoms with E-state index in [2.05, 4.69) is 20.3 Å². The van der Waals surface area contributed by atoms with E-state index in [0.29, 0.717) is 68.0 Å². The first-order valence-electron chi connectivity index (χ1n) is 17.1. The quantitative estimate of drug-likeness (QED) is 0.245. The van der Waals surface area contributed by atoms with Gasteiger partial charge in [0.2, 0.25) is 17.7 Å². The lowest BCUT2D eigenvalue weighted by atomic mass is 9.82. The molecule has 4 heterocycles. The number of nitrogens with two attached hydrogens (primary N) is 1. The molecule has 5 amide bonds. The number of nitrogen functional groups attached to an aromatic ring is 1. The number of H-pyrrole nitrogens is 1. The Morgan fingerprint density at radius 3 is 2.47 bits per heavy atom. The van der Waals surface area contributed by atoms with Gasteiger partial charge in [-0.15, -0.1) is 16.8 Å². The predicted molar refractivity (Wildman–Crippen MR) is 182 cm³/mol. The zero-order chi connectivity index (χ0) is 36.2. The van der Waals surface area contributed by atoms with E-state index >= 15 is 0 Å². The summed E-state index contributed by atoms with van der Waals surface area (Å²) in [6.07, 6.45) is 8.70. The largest absolute Gasteiger partial charge is 0.464 e. The van der Waals surface area contributed by atoms with E-state index in [4.69, 9.17) is 15.3 Å². The zero-order valence-electron chi connectivity index (χ0n) is 28.1. The molecule has 18 heteroatoms. The SMILES string of the molecule is CCOc1nc(N)c2[nH]c(=O)n(CC3C=CC(CNC(=O)CSC4CC(=O)N(CC5CCC(C(=O)ON6C(=O)CCC6=O)CC5)C4=O)=CC3)c2n1. The van der Waals surface area contributed by atoms with Gasteiger partial charge in [-0.2, -0.15) is 9.97 Å². The van der Waals surface area contributed by atoms with Crippen LogP contribution in [0.4, 0.5) is 5.82 Å². The van der Waals surface area contributed by atoms with E-state index in [-0.39, 0.29) is 78.6 Å². The van der Waals surface area contributed by atoms with Crippen LogP contribution in [0.25, 0.3) is 11.2 Å². The highest BCUT2D eigenvalue weighted by molar-refractivity contribution is 8.01. The first kappa shape index (κ1) is 35.8. The molecule has 6 rings (SSSR count). The first-order valence-corrected chi connectivity index (χ1v) is 18.1. The number of hydrogen-bond donors (Lipinski definition) is 3. The molecule has 17 nitrogen and oxygen atoms in total. The van der Waals surface area contributed by atoms with Crippen LogP contribution in [0.5, 0.6) is 6.01 Å². The summed E-state index contributed by atoms with van der Waals surface area (Å²) >= 11 is 1.14. The monoisotopic (exact) mass is 724 g/mol. The fourth-order valence-corrected chi connectivity index (χ4v) is 7.65. The number of aromatic amines is 1. The number of anilines is 1. The Morgan fingerprint density at radius 2 is 1.78 bits per heavy atom. The summed E-state index contributed by atoms with van der Waals surface area (Å²) in [5.74, 6) is -2.80. The second-order valence-electron chi connectivity index (χ2n) is 13.0. The molecule has 2 aliphatic heterocycles. The van der Waals surface area contributed by atoms with Gasteiger partial charge in [0.25, 0.3) is 11.8 Å². The van der Waals surface area contributed by atoms with Crippen molar-refractivity contribution in [3.8, 4) is 6.01 Å². The van der Waals surface area contributed by atoms with E-state index in [0.717, 1.165) is 17.3 Å². The summed E-state index contributed by atoms with van der Waals surface area (Å²) in [5.41, 5.74) is 7.27. The molecule has 0 spiro atoms. The minimum Gasteiger partial charge on any atom is -0.464 e. The van der Waals surface area contributed by atoms with Crippen molar-refractivity contribution in [2.75, 3.05) is 31.2 Å². The van der Waals surface area contributed by atoms with E-state index in [1.807, 2.05) is 18.2 Å². The van der Waals surface area contributed by atoms with Crippen LogP contribution in [0.3, 0.4) is 0 Å². The molecule has 4 N–H and O–H groups in total. The smallest absolute Gasteiger partial charge is 0.336 e. The van der Waals surface area contributed by atoms with E-state index in [9.17, 15) is 33.6 Å². The number of nitrogens with zero attached hydrogens (tertiary/aromatic N) is 5. The summed E-state index contributed by atoms with van der Waals surface area (Å²) in [7, 11) is 0. The van der Waals surface area contributed by atoms with Crippen LogP contribution in [-0.4, -0.2) is 95.7 Å². The summed E-state index contributed by atoms with van der Waals surface area (Å²) in [6.45, 7) is 3.05. The molecular formula is C33H40N8O9S. The molecule has 2 atom stereocenters. The molecule has 2 unspecified atom stereocenters. The molecule has 1 saturated carbocycles. The second-order valence-corrected chi connectivity index (χ2v) is 14.2. The number of hydroxylamine groups is 2. The summed E-state index contributed by atoms with van der Waals surface area (Å²) in [4.78, 5) is 105. The van der Waals surface area contributed by atoms with Crippen LogP contribution in [0.15, 0.2) is 28.6 Å². The maximum absolute atomic E-state index is 13.1. The molecule has 2 aromatic rings. The Balaban J connectivity index is 0.906. The van der Waals surface area contributed by atoms with Crippen LogP contribution >= 0.6 is 11.8 Å². The van der Waals surface area contributed by atoms with Gasteiger partial charge in [0.1, 0.15) is 5.52 Å². The van der Waals surface area contributed by atoms with Gasteiger partial charge in [-0.3, -0.25) is 33.4 Å². The third-order valence-electron chi connectivity index (χ3n) is 9.50. The number of ether oxygens (including phenoxy) is 1. The molecule has 2 aromatic heterocycles. The third-order valence-corrected chi connectivity index (χ3v) is 10.7. The standard InChI is InChI=1S/C33H40N8O9S/c1-2-49-32-37-28(34)27-29(38-32)40(33(48)36-27)16-19-5-3-18(4-6-19)14-35-23(42)17-51-22-13-26(45)39(30(22)46)15-20-7-9-21(10-8-20)31(47)50-41-24(43)11-12-25(41)44/h3-5,19-22H,2,6-17H2,1H3,(H,35,42)(H,36,48)(H2,34,37,38). The van der Waals surface area contributed by atoms with Gasteiger partial charge in [-0.1, -0.05) is 18.2 Å². The highest BCUT2D eigenvalue weighted by Crippen LogP contribution is 2.33. The van der Waals surface area contributed by atoms with Crippen LogP contribution in [0.1, 0.15) is 58.3 Å². The highest BCUT2D eigenvalue weighted by atomic mass is 32.2. The van der Waals surface area contributed by atoms with Crippen LogP contribution in [0.2, 0.25) is 0 Å². The van der Waals surface area contributed by atoms with Crippen LogP contribution in [-0.2, 0) is 40.1 Å². The fraction of sp³-hybridized carbons (Fsp3) is 0.545. The maximum Gasteiger partial charge on any atom is 0.336 e. The summed E-state index contributed by atoms with van der Waals surface area (Å²) < 4.78 is 6.88. The number of likely N-dealkylation sites (tertiary alicyclic amines) is 1. The van der Waals surface area contributed by atoms with E-state index in [1.54, 1.807) is 6.92 Å². The van der Waals surface area contributed by atoms with Crippen molar-refractivity contribution in [2.24, 2.45) is 17.8 Å². The lowest BCUT2D eigenvalue weighted by Crippen LogP contribution is -2.39. The Kier molecular flexibility index (Phi) is 10.9. The Hall–Kier alpha value is -5.00. The Morgan fingerprint density at radius 1 is 1.04 bits per heavy atom. The van der Waals surface area contributed by atoms with Crippen molar-refractivity contribution in [1.82, 2.24) is 34.8 Å².